The molecule has 0 saturated carbocycles. The summed E-state index contributed by atoms with van der Waals surface area (Å²) in [6, 6.07) is 5.21. The van der Waals surface area contributed by atoms with Crippen molar-refractivity contribution in [3.8, 4) is 0 Å². The monoisotopic (exact) mass is 450 g/mol. The first-order valence-electron chi connectivity index (χ1n) is 10.1. The van der Waals surface area contributed by atoms with E-state index in [1.807, 2.05) is 17.0 Å². The van der Waals surface area contributed by atoms with Gasteiger partial charge in [-0.15, -0.1) is 10.2 Å². The zero-order chi connectivity index (χ0) is 22.0. The second kappa shape index (κ2) is 8.81. The summed E-state index contributed by atoms with van der Waals surface area (Å²) >= 11 is 0. The smallest absolute Gasteiger partial charge is 0.354 e. The average Bonchev–Trinajstić information content (AvgIpc) is 3.22. The van der Waals surface area contributed by atoms with Gasteiger partial charge in [-0.25, -0.2) is 13.2 Å². The van der Waals surface area contributed by atoms with Crippen molar-refractivity contribution in [2.75, 3.05) is 69.4 Å². The molecule has 12 heteroatoms. The van der Waals surface area contributed by atoms with E-state index in [-0.39, 0.29) is 10.6 Å². The number of sulfonamides is 1. The third kappa shape index (κ3) is 4.36. The van der Waals surface area contributed by atoms with Crippen molar-refractivity contribution in [3.63, 3.8) is 0 Å². The first-order valence-corrected chi connectivity index (χ1v) is 11.5. The number of nitrogens with zero attached hydrogens (tertiary/aromatic N) is 6. The van der Waals surface area contributed by atoms with Gasteiger partial charge in [-0.1, -0.05) is 0 Å². The maximum Gasteiger partial charge on any atom is 0.354 e. The molecule has 0 aromatic carbocycles. The van der Waals surface area contributed by atoms with Crippen LogP contribution in [0.25, 0.3) is 0 Å². The Morgan fingerprint density at radius 3 is 2.13 bits per heavy atom. The third-order valence-corrected chi connectivity index (χ3v) is 7.41. The number of hydrogen-bond acceptors (Lipinski definition) is 9. The van der Waals surface area contributed by atoms with Crippen molar-refractivity contribution >= 4 is 27.6 Å². The maximum absolute atomic E-state index is 13.0. The molecule has 0 unspecified atom stereocenters. The molecule has 0 bridgehead atoms. The first kappa shape index (κ1) is 21.5. The molecular formula is C19H26N6O5S. The van der Waals surface area contributed by atoms with Gasteiger partial charge in [0, 0.05) is 52.5 Å². The Kier molecular flexibility index (Phi) is 6.12. The SMILES string of the molecule is COC(=O)c1cc(S(=O)(=O)N2CCN(c3ccc(N4CCOCC4)nn3)CC2)cn1C. The predicted molar refractivity (Wildman–Crippen MR) is 113 cm³/mol. The van der Waals surface area contributed by atoms with Gasteiger partial charge < -0.3 is 23.8 Å². The lowest BCUT2D eigenvalue weighted by atomic mass is 10.3. The van der Waals surface area contributed by atoms with Crippen LogP contribution < -0.4 is 9.80 Å². The Morgan fingerprint density at radius 2 is 1.58 bits per heavy atom. The third-order valence-electron chi connectivity index (χ3n) is 5.55. The van der Waals surface area contributed by atoms with Crippen LogP contribution in [0.2, 0.25) is 0 Å². The van der Waals surface area contributed by atoms with E-state index in [1.165, 1.54) is 28.2 Å². The molecule has 0 radical (unpaired) electrons. The van der Waals surface area contributed by atoms with Crippen LogP contribution in [-0.2, 0) is 26.5 Å². The van der Waals surface area contributed by atoms with Crippen LogP contribution >= 0.6 is 0 Å². The zero-order valence-electron chi connectivity index (χ0n) is 17.6. The summed E-state index contributed by atoms with van der Waals surface area (Å²) in [5.41, 5.74) is 0.190. The van der Waals surface area contributed by atoms with Gasteiger partial charge in [-0.2, -0.15) is 4.31 Å². The van der Waals surface area contributed by atoms with Gasteiger partial charge in [0.05, 0.1) is 20.3 Å². The number of ether oxygens (including phenoxy) is 2. The van der Waals surface area contributed by atoms with Gasteiger partial charge in [0.2, 0.25) is 10.0 Å². The molecule has 0 atom stereocenters. The highest BCUT2D eigenvalue weighted by Gasteiger charge is 2.31. The molecule has 2 aromatic rings. The Bertz CT molecular complexity index is 1020. The molecule has 0 amide bonds. The van der Waals surface area contributed by atoms with Gasteiger partial charge in [-0.3, -0.25) is 0 Å². The van der Waals surface area contributed by atoms with E-state index in [0.717, 1.165) is 24.7 Å². The van der Waals surface area contributed by atoms with Crippen molar-refractivity contribution in [3.05, 3.63) is 30.1 Å². The van der Waals surface area contributed by atoms with Crippen LogP contribution in [0.5, 0.6) is 0 Å². The fourth-order valence-corrected chi connectivity index (χ4v) is 5.23. The topological polar surface area (TPSA) is 110 Å². The minimum atomic E-state index is -3.71. The second-order valence-corrected chi connectivity index (χ2v) is 9.34. The van der Waals surface area contributed by atoms with E-state index in [4.69, 9.17) is 9.47 Å². The summed E-state index contributed by atoms with van der Waals surface area (Å²) in [4.78, 5) is 16.0. The number of piperazine rings is 1. The van der Waals surface area contributed by atoms with Gasteiger partial charge in [-0.05, 0) is 18.2 Å². The van der Waals surface area contributed by atoms with Crippen LogP contribution in [0.4, 0.5) is 11.6 Å². The lowest BCUT2D eigenvalue weighted by Crippen LogP contribution is -2.49. The standard InChI is InChI=1S/C19H26N6O5S/c1-22-14-15(13-16(22)19(26)29-2)31(27,28)25-7-5-23(6-8-25)17-3-4-18(21-20-17)24-9-11-30-12-10-24/h3-4,13-14H,5-12H2,1-2H3. The fourth-order valence-electron chi connectivity index (χ4n) is 3.74. The number of aromatic nitrogens is 3. The predicted octanol–water partition coefficient (Wildman–Crippen LogP) is -0.0508. The van der Waals surface area contributed by atoms with E-state index in [0.29, 0.717) is 39.4 Å². The maximum atomic E-state index is 13.0. The summed E-state index contributed by atoms with van der Waals surface area (Å²) in [5.74, 6) is 0.966. The lowest BCUT2D eigenvalue weighted by molar-refractivity contribution is 0.0590. The largest absolute Gasteiger partial charge is 0.464 e. The van der Waals surface area contributed by atoms with Crippen LogP contribution in [-0.4, -0.2) is 93.0 Å². The Balaban J connectivity index is 1.40. The molecule has 11 nitrogen and oxygen atoms in total. The number of anilines is 2. The zero-order valence-corrected chi connectivity index (χ0v) is 18.4. The number of morpholine rings is 1. The number of methoxy groups -OCH3 is 1. The Hall–Kier alpha value is -2.70. The van der Waals surface area contributed by atoms with Crippen LogP contribution in [0.15, 0.2) is 29.3 Å². The lowest BCUT2D eigenvalue weighted by Gasteiger charge is -2.34. The van der Waals surface area contributed by atoms with Gasteiger partial charge in [0.25, 0.3) is 0 Å². The molecule has 0 aliphatic carbocycles. The highest BCUT2D eigenvalue weighted by atomic mass is 32.2. The van der Waals surface area contributed by atoms with Gasteiger partial charge >= 0.3 is 5.97 Å². The Labute approximate surface area is 181 Å². The summed E-state index contributed by atoms with van der Waals surface area (Å²) in [6.45, 7) is 4.59. The van der Waals surface area contributed by atoms with E-state index in [1.54, 1.807) is 7.05 Å². The summed E-state index contributed by atoms with van der Waals surface area (Å²) in [7, 11) is -0.832. The quantitative estimate of drug-likeness (QED) is 0.579. The van der Waals surface area contributed by atoms with Crippen molar-refractivity contribution in [1.29, 1.82) is 0 Å². The van der Waals surface area contributed by atoms with E-state index in [9.17, 15) is 13.2 Å². The van der Waals surface area contributed by atoms with Crippen LogP contribution in [0.1, 0.15) is 10.5 Å². The molecule has 4 heterocycles. The molecule has 2 saturated heterocycles. The second-order valence-electron chi connectivity index (χ2n) is 7.40. The molecule has 2 aliphatic heterocycles. The molecule has 4 rings (SSSR count). The molecule has 2 aromatic heterocycles. The highest BCUT2D eigenvalue weighted by Crippen LogP contribution is 2.23. The molecule has 0 spiro atoms. The van der Waals surface area contributed by atoms with Crippen molar-refractivity contribution < 1.29 is 22.7 Å². The normalized spacial score (nSPS) is 18.3. The van der Waals surface area contributed by atoms with E-state index >= 15 is 0 Å². The Morgan fingerprint density at radius 1 is 1.00 bits per heavy atom. The first-order chi connectivity index (χ1) is 14.9. The number of hydrogen-bond donors (Lipinski definition) is 0. The van der Waals surface area contributed by atoms with Crippen molar-refractivity contribution in [2.45, 2.75) is 4.90 Å². The van der Waals surface area contributed by atoms with Crippen LogP contribution in [0.3, 0.4) is 0 Å². The molecule has 2 fully saturated rings. The number of rotatable bonds is 5. The summed E-state index contributed by atoms with van der Waals surface area (Å²) in [5, 5.41) is 8.67. The minimum Gasteiger partial charge on any atom is -0.464 e. The number of esters is 1. The van der Waals surface area contributed by atoms with Crippen molar-refractivity contribution in [1.82, 2.24) is 19.1 Å². The van der Waals surface area contributed by atoms with Crippen LogP contribution in [0, 0.1) is 0 Å². The summed E-state index contributed by atoms with van der Waals surface area (Å²) in [6.07, 6.45) is 1.43. The average molecular weight is 451 g/mol. The number of carbonyl (C=O) groups is 1. The van der Waals surface area contributed by atoms with E-state index < -0.39 is 16.0 Å². The molecule has 2 aliphatic rings. The molecule has 0 N–H and O–H groups in total. The number of carbonyl (C=O) groups excluding carboxylic acids is 1. The molecule has 168 valence electrons. The minimum absolute atomic E-state index is 0.0819. The number of aryl methyl sites for hydroxylation is 1. The van der Waals surface area contributed by atoms with Gasteiger partial charge in [0.1, 0.15) is 10.6 Å². The van der Waals surface area contributed by atoms with E-state index in [2.05, 4.69) is 15.1 Å². The van der Waals surface area contributed by atoms with Crippen molar-refractivity contribution in [2.24, 2.45) is 7.05 Å². The fraction of sp³-hybridized carbons (Fsp3) is 0.526. The highest BCUT2D eigenvalue weighted by molar-refractivity contribution is 7.89. The molecule has 31 heavy (non-hydrogen) atoms. The summed E-state index contributed by atoms with van der Waals surface area (Å²) < 4.78 is 39.0. The molecular weight excluding hydrogens is 424 g/mol. The van der Waals surface area contributed by atoms with Gasteiger partial charge in [0.15, 0.2) is 11.6 Å².